The molecule has 15 heavy (non-hydrogen) atoms. The van der Waals surface area contributed by atoms with Crippen LogP contribution in [-0.4, -0.2) is 18.1 Å². The Kier molecular flexibility index (Phi) is 11.9. The van der Waals surface area contributed by atoms with Gasteiger partial charge in [0, 0.05) is 13.1 Å². The van der Waals surface area contributed by atoms with Crippen LogP contribution in [0.1, 0.15) is 71.6 Å². The summed E-state index contributed by atoms with van der Waals surface area (Å²) in [4.78, 5) is 0. The summed E-state index contributed by atoms with van der Waals surface area (Å²) in [5.74, 6) is 5.80. The maximum Gasteiger partial charge on any atom is 0.0128 e. The van der Waals surface area contributed by atoms with Gasteiger partial charge in [0.15, 0.2) is 0 Å². The monoisotopic (exact) mass is 214 g/mol. The minimum Gasteiger partial charge on any atom is -0.269 e. The summed E-state index contributed by atoms with van der Waals surface area (Å²) in [6.45, 7) is 6.55. The standard InChI is InChI=1S/C13H30N2/c1-3-5-6-7-8-9-10-11-13-15(14)12-4-2/h3-14H2,1-2H3. The molecule has 0 saturated carbocycles. The lowest BCUT2D eigenvalue weighted by molar-refractivity contribution is 0.276. The number of nitrogens with two attached hydrogens (primary N) is 1. The molecule has 0 radical (unpaired) electrons. The zero-order chi connectivity index (χ0) is 11.4. The van der Waals surface area contributed by atoms with E-state index in [0.717, 1.165) is 19.5 Å². The smallest absolute Gasteiger partial charge is 0.0128 e. The summed E-state index contributed by atoms with van der Waals surface area (Å²) in [6.07, 6.45) is 12.2. The fourth-order valence-corrected chi connectivity index (χ4v) is 1.85. The lowest BCUT2D eigenvalue weighted by Gasteiger charge is -2.14. The van der Waals surface area contributed by atoms with Crippen LogP contribution in [0.4, 0.5) is 0 Å². The Morgan fingerprint density at radius 2 is 1.20 bits per heavy atom. The molecule has 2 N–H and O–H groups in total. The van der Waals surface area contributed by atoms with Crippen LogP contribution < -0.4 is 5.84 Å². The largest absolute Gasteiger partial charge is 0.269 e. The summed E-state index contributed by atoms with van der Waals surface area (Å²) >= 11 is 0. The van der Waals surface area contributed by atoms with E-state index in [1.807, 2.05) is 5.01 Å². The lowest BCUT2D eigenvalue weighted by Crippen LogP contribution is -2.32. The number of hydrogen-bond acceptors (Lipinski definition) is 2. The Morgan fingerprint density at radius 1 is 0.667 bits per heavy atom. The molecule has 2 heteroatoms. The van der Waals surface area contributed by atoms with Crippen molar-refractivity contribution >= 4 is 0 Å². The first-order valence-corrected chi connectivity index (χ1v) is 6.80. The summed E-state index contributed by atoms with van der Waals surface area (Å²) in [6, 6.07) is 0. The summed E-state index contributed by atoms with van der Waals surface area (Å²) in [7, 11) is 0. The first-order valence-electron chi connectivity index (χ1n) is 6.80. The van der Waals surface area contributed by atoms with Gasteiger partial charge in [0.25, 0.3) is 0 Å². The van der Waals surface area contributed by atoms with E-state index in [1.54, 1.807) is 0 Å². The molecule has 0 atom stereocenters. The topological polar surface area (TPSA) is 29.3 Å². The second kappa shape index (κ2) is 12.0. The Hall–Kier alpha value is -0.0800. The van der Waals surface area contributed by atoms with Crippen molar-refractivity contribution in [1.29, 1.82) is 0 Å². The van der Waals surface area contributed by atoms with Gasteiger partial charge in [-0.1, -0.05) is 58.8 Å². The SMILES string of the molecule is CCCCCCCCCCN(N)CCC. The van der Waals surface area contributed by atoms with Gasteiger partial charge in [-0.2, -0.15) is 0 Å². The van der Waals surface area contributed by atoms with Gasteiger partial charge in [-0.05, 0) is 12.8 Å². The van der Waals surface area contributed by atoms with E-state index in [1.165, 1.54) is 51.4 Å². The summed E-state index contributed by atoms with van der Waals surface area (Å²) in [5, 5.41) is 1.96. The molecule has 0 bridgehead atoms. The van der Waals surface area contributed by atoms with Crippen molar-refractivity contribution in [2.24, 2.45) is 5.84 Å². The average Bonchev–Trinajstić information content (AvgIpc) is 2.22. The first kappa shape index (κ1) is 14.9. The molecule has 92 valence electrons. The molecule has 0 aromatic heterocycles. The van der Waals surface area contributed by atoms with E-state index in [4.69, 9.17) is 5.84 Å². The molecule has 0 heterocycles. The van der Waals surface area contributed by atoms with Gasteiger partial charge in [0.2, 0.25) is 0 Å². The molecule has 0 aromatic rings. The van der Waals surface area contributed by atoms with Crippen molar-refractivity contribution in [3.8, 4) is 0 Å². The highest BCUT2D eigenvalue weighted by Gasteiger charge is 1.96. The van der Waals surface area contributed by atoms with Crippen molar-refractivity contribution in [3.63, 3.8) is 0 Å². The maximum atomic E-state index is 5.80. The van der Waals surface area contributed by atoms with Crippen LogP contribution >= 0.6 is 0 Å². The Labute approximate surface area is 96.2 Å². The summed E-state index contributed by atoms with van der Waals surface area (Å²) < 4.78 is 0. The van der Waals surface area contributed by atoms with Crippen LogP contribution in [0, 0.1) is 0 Å². The second-order valence-corrected chi connectivity index (χ2v) is 4.51. The van der Waals surface area contributed by atoms with E-state index in [9.17, 15) is 0 Å². The molecule has 0 unspecified atom stereocenters. The highest BCUT2D eigenvalue weighted by Crippen LogP contribution is 2.08. The zero-order valence-corrected chi connectivity index (χ0v) is 10.8. The van der Waals surface area contributed by atoms with Crippen LogP contribution in [0.5, 0.6) is 0 Å². The van der Waals surface area contributed by atoms with Crippen LogP contribution in [0.3, 0.4) is 0 Å². The fourth-order valence-electron chi connectivity index (χ4n) is 1.85. The normalized spacial score (nSPS) is 11.2. The predicted molar refractivity (Wildman–Crippen MR) is 68.7 cm³/mol. The molecular formula is C13H30N2. The minimum atomic E-state index is 1.04. The highest BCUT2D eigenvalue weighted by atomic mass is 15.4. The third-order valence-electron chi connectivity index (χ3n) is 2.81. The van der Waals surface area contributed by atoms with E-state index in [0.29, 0.717) is 0 Å². The number of hydrazine groups is 1. The third-order valence-corrected chi connectivity index (χ3v) is 2.81. The van der Waals surface area contributed by atoms with Crippen molar-refractivity contribution < 1.29 is 0 Å². The van der Waals surface area contributed by atoms with Gasteiger partial charge in [-0.3, -0.25) is 5.84 Å². The van der Waals surface area contributed by atoms with Crippen LogP contribution in [0.15, 0.2) is 0 Å². The molecule has 0 aliphatic rings. The molecule has 0 aliphatic carbocycles. The van der Waals surface area contributed by atoms with Gasteiger partial charge in [0.05, 0.1) is 0 Å². The summed E-state index contributed by atoms with van der Waals surface area (Å²) in [5.41, 5.74) is 0. The number of rotatable bonds is 11. The van der Waals surface area contributed by atoms with Crippen LogP contribution in [-0.2, 0) is 0 Å². The first-order chi connectivity index (χ1) is 7.31. The van der Waals surface area contributed by atoms with Crippen LogP contribution in [0.25, 0.3) is 0 Å². The molecule has 0 amide bonds. The molecule has 2 nitrogen and oxygen atoms in total. The molecule has 0 fully saturated rings. The van der Waals surface area contributed by atoms with Gasteiger partial charge < -0.3 is 0 Å². The van der Waals surface area contributed by atoms with Crippen molar-refractivity contribution in [2.45, 2.75) is 71.6 Å². The maximum absolute atomic E-state index is 5.80. The molecular weight excluding hydrogens is 184 g/mol. The zero-order valence-electron chi connectivity index (χ0n) is 10.8. The predicted octanol–water partition coefficient (Wildman–Crippen LogP) is 3.71. The van der Waals surface area contributed by atoms with Gasteiger partial charge >= 0.3 is 0 Å². The van der Waals surface area contributed by atoms with Crippen LogP contribution in [0.2, 0.25) is 0 Å². The minimum absolute atomic E-state index is 1.04. The second-order valence-electron chi connectivity index (χ2n) is 4.51. The van der Waals surface area contributed by atoms with Gasteiger partial charge in [0.1, 0.15) is 0 Å². The van der Waals surface area contributed by atoms with E-state index in [-0.39, 0.29) is 0 Å². The molecule has 0 saturated heterocycles. The molecule has 0 aliphatic heterocycles. The third kappa shape index (κ3) is 11.8. The van der Waals surface area contributed by atoms with E-state index < -0.39 is 0 Å². The Balaban J connectivity index is 2.98. The number of unbranched alkanes of at least 4 members (excludes halogenated alkanes) is 7. The molecule has 0 spiro atoms. The average molecular weight is 214 g/mol. The molecule has 0 rings (SSSR count). The lowest BCUT2D eigenvalue weighted by atomic mass is 10.1. The highest BCUT2D eigenvalue weighted by molar-refractivity contribution is 4.50. The van der Waals surface area contributed by atoms with Crippen molar-refractivity contribution in [2.75, 3.05) is 13.1 Å². The van der Waals surface area contributed by atoms with E-state index in [2.05, 4.69) is 13.8 Å². The van der Waals surface area contributed by atoms with Crippen molar-refractivity contribution in [1.82, 2.24) is 5.01 Å². The Morgan fingerprint density at radius 3 is 1.73 bits per heavy atom. The number of hydrogen-bond donors (Lipinski definition) is 1. The fraction of sp³-hybridized carbons (Fsp3) is 1.00. The Bertz CT molecular complexity index is 115. The van der Waals surface area contributed by atoms with Crippen molar-refractivity contribution in [3.05, 3.63) is 0 Å². The number of nitrogens with zero attached hydrogens (tertiary/aromatic N) is 1. The van der Waals surface area contributed by atoms with E-state index >= 15 is 0 Å². The molecule has 0 aromatic carbocycles. The van der Waals surface area contributed by atoms with Gasteiger partial charge in [-0.15, -0.1) is 0 Å². The quantitative estimate of drug-likeness (QED) is 0.323. The van der Waals surface area contributed by atoms with Gasteiger partial charge in [-0.25, -0.2) is 5.01 Å².